The van der Waals surface area contributed by atoms with Gasteiger partial charge in [-0.1, -0.05) is 22.0 Å². The first-order valence-electron chi connectivity index (χ1n) is 3.88. The third kappa shape index (κ3) is 3.14. The second-order valence-corrected chi connectivity index (χ2v) is 3.28. The highest BCUT2D eigenvalue weighted by atomic mass is 79.9. The van der Waals surface area contributed by atoms with E-state index in [1.807, 2.05) is 6.08 Å². The topological polar surface area (TPSA) is 38.9 Å². The molecule has 1 aromatic heterocycles. The van der Waals surface area contributed by atoms with Gasteiger partial charge in [-0.3, -0.25) is 0 Å². The summed E-state index contributed by atoms with van der Waals surface area (Å²) in [5, 5.41) is 0.874. The van der Waals surface area contributed by atoms with Crippen molar-refractivity contribution in [1.29, 1.82) is 0 Å². The van der Waals surface area contributed by atoms with Gasteiger partial charge in [0, 0.05) is 5.33 Å². The number of rotatable bonds is 3. The Morgan fingerprint density at radius 2 is 2.31 bits per heavy atom. The van der Waals surface area contributed by atoms with E-state index in [0.29, 0.717) is 11.4 Å². The number of nitrogens with zero attached hydrogens (tertiary/aromatic N) is 1. The van der Waals surface area contributed by atoms with Gasteiger partial charge in [0.2, 0.25) is 5.95 Å². The minimum Gasteiger partial charge on any atom is -0.397 e. The molecule has 70 valence electrons. The van der Waals surface area contributed by atoms with Crippen molar-refractivity contribution in [3.63, 3.8) is 0 Å². The molecule has 1 aromatic rings. The number of hydrogen-bond acceptors (Lipinski definition) is 2. The Kier molecular flexibility index (Phi) is 3.89. The quantitative estimate of drug-likeness (QED) is 0.656. The third-order valence-corrected chi connectivity index (χ3v) is 1.93. The van der Waals surface area contributed by atoms with Crippen molar-refractivity contribution in [1.82, 2.24) is 4.98 Å². The summed E-state index contributed by atoms with van der Waals surface area (Å²) in [6.07, 6.45) is 4.49. The average Bonchev–Trinajstić information content (AvgIpc) is 2.11. The van der Waals surface area contributed by atoms with E-state index in [1.54, 1.807) is 6.08 Å². The van der Waals surface area contributed by atoms with Crippen LogP contribution in [0.25, 0.3) is 6.08 Å². The molecule has 1 heterocycles. The Hall–Kier alpha value is -0.900. The lowest BCUT2D eigenvalue weighted by atomic mass is 10.2. The Labute approximate surface area is 84.8 Å². The SMILES string of the molecule is Nc1ccc(F)nc1C=CCCBr. The standard InChI is InChI=1S/C9H10BrFN2/c10-6-2-1-3-8-7(12)4-5-9(11)13-8/h1,3-5H,2,6,12H2. The Morgan fingerprint density at radius 1 is 1.54 bits per heavy atom. The summed E-state index contributed by atoms with van der Waals surface area (Å²) in [6.45, 7) is 0. The summed E-state index contributed by atoms with van der Waals surface area (Å²) in [5.74, 6) is -0.507. The zero-order valence-electron chi connectivity index (χ0n) is 7.00. The predicted molar refractivity (Wildman–Crippen MR) is 56.1 cm³/mol. The molecule has 0 aliphatic heterocycles. The van der Waals surface area contributed by atoms with Gasteiger partial charge in [0.1, 0.15) is 0 Å². The predicted octanol–water partition coefficient (Wildman–Crippen LogP) is 2.60. The van der Waals surface area contributed by atoms with Gasteiger partial charge in [-0.25, -0.2) is 4.98 Å². The molecular weight excluding hydrogens is 235 g/mol. The molecule has 4 heteroatoms. The van der Waals surface area contributed by atoms with E-state index in [2.05, 4.69) is 20.9 Å². The van der Waals surface area contributed by atoms with E-state index in [0.717, 1.165) is 11.8 Å². The molecule has 0 saturated carbocycles. The lowest BCUT2D eigenvalue weighted by Crippen LogP contribution is -1.94. The monoisotopic (exact) mass is 244 g/mol. The number of hydrogen-bond donors (Lipinski definition) is 1. The molecule has 2 N–H and O–H groups in total. The van der Waals surface area contributed by atoms with Crippen molar-refractivity contribution in [3.8, 4) is 0 Å². The molecule has 0 spiro atoms. The van der Waals surface area contributed by atoms with E-state index in [9.17, 15) is 4.39 Å². The number of aromatic nitrogens is 1. The number of nitrogens with two attached hydrogens (primary N) is 1. The van der Waals surface area contributed by atoms with Gasteiger partial charge in [0.15, 0.2) is 0 Å². The third-order valence-electron chi connectivity index (χ3n) is 1.47. The van der Waals surface area contributed by atoms with Crippen molar-refractivity contribution in [3.05, 3.63) is 29.9 Å². The smallest absolute Gasteiger partial charge is 0.213 e. The summed E-state index contributed by atoms with van der Waals surface area (Å²) in [6, 6.07) is 2.76. The highest BCUT2D eigenvalue weighted by Crippen LogP contribution is 2.11. The minimum atomic E-state index is -0.507. The fraction of sp³-hybridized carbons (Fsp3) is 0.222. The molecule has 0 fully saturated rings. The summed E-state index contributed by atoms with van der Waals surface area (Å²) in [5.41, 5.74) is 6.56. The van der Waals surface area contributed by atoms with Gasteiger partial charge in [0.25, 0.3) is 0 Å². The van der Waals surface area contributed by atoms with Crippen LogP contribution in [0.2, 0.25) is 0 Å². The largest absolute Gasteiger partial charge is 0.397 e. The molecule has 13 heavy (non-hydrogen) atoms. The first kappa shape index (κ1) is 10.2. The Bertz CT molecular complexity index is 312. The first-order chi connectivity index (χ1) is 6.24. The Morgan fingerprint density at radius 3 is 3.00 bits per heavy atom. The zero-order chi connectivity index (χ0) is 9.68. The molecule has 0 atom stereocenters. The van der Waals surface area contributed by atoms with Gasteiger partial charge in [-0.05, 0) is 24.6 Å². The van der Waals surface area contributed by atoms with Crippen LogP contribution in [0, 0.1) is 5.95 Å². The second-order valence-electron chi connectivity index (χ2n) is 2.49. The first-order valence-corrected chi connectivity index (χ1v) is 5.00. The number of anilines is 1. The number of pyridine rings is 1. The van der Waals surface area contributed by atoms with Crippen LogP contribution in [0.1, 0.15) is 12.1 Å². The number of allylic oxidation sites excluding steroid dienone is 1. The molecule has 1 rings (SSSR count). The Balaban J connectivity index is 2.81. The molecule has 0 unspecified atom stereocenters. The van der Waals surface area contributed by atoms with E-state index in [4.69, 9.17) is 5.73 Å². The lowest BCUT2D eigenvalue weighted by Gasteiger charge is -1.97. The molecule has 0 bridgehead atoms. The molecule has 0 aromatic carbocycles. The maximum atomic E-state index is 12.6. The highest BCUT2D eigenvalue weighted by molar-refractivity contribution is 9.09. The normalized spacial score (nSPS) is 10.9. The zero-order valence-corrected chi connectivity index (χ0v) is 8.59. The van der Waals surface area contributed by atoms with Crippen LogP contribution in [0.15, 0.2) is 18.2 Å². The van der Waals surface area contributed by atoms with Gasteiger partial charge in [-0.15, -0.1) is 0 Å². The highest BCUT2D eigenvalue weighted by Gasteiger charge is 1.97. The van der Waals surface area contributed by atoms with Gasteiger partial charge in [-0.2, -0.15) is 4.39 Å². The van der Waals surface area contributed by atoms with Crippen molar-refractivity contribution in [2.75, 3.05) is 11.1 Å². The van der Waals surface area contributed by atoms with Crippen molar-refractivity contribution >= 4 is 27.7 Å². The van der Waals surface area contributed by atoms with Gasteiger partial charge >= 0.3 is 0 Å². The maximum absolute atomic E-state index is 12.6. The molecular formula is C9H10BrFN2. The van der Waals surface area contributed by atoms with Gasteiger partial charge in [0.05, 0.1) is 11.4 Å². The number of halogens is 2. The summed E-state index contributed by atoms with van der Waals surface area (Å²) < 4.78 is 12.6. The van der Waals surface area contributed by atoms with Crippen molar-refractivity contribution in [2.45, 2.75) is 6.42 Å². The van der Waals surface area contributed by atoms with E-state index in [-0.39, 0.29) is 0 Å². The van der Waals surface area contributed by atoms with E-state index in [1.165, 1.54) is 12.1 Å². The molecule has 2 nitrogen and oxygen atoms in total. The average molecular weight is 245 g/mol. The van der Waals surface area contributed by atoms with Crippen molar-refractivity contribution in [2.24, 2.45) is 0 Å². The minimum absolute atomic E-state index is 0.487. The molecule has 0 aliphatic carbocycles. The second kappa shape index (κ2) is 4.97. The van der Waals surface area contributed by atoms with Crippen LogP contribution in [0.5, 0.6) is 0 Å². The summed E-state index contributed by atoms with van der Waals surface area (Å²) >= 11 is 3.28. The van der Waals surface area contributed by atoms with Crippen LogP contribution in [-0.2, 0) is 0 Å². The van der Waals surface area contributed by atoms with Crippen LogP contribution in [-0.4, -0.2) is 10.3 Å². The molecule has 0 saturated heterocycles. The summed E-state index contributed by atoms with van der Waals surface area (Å²) in [7, 11) is 0. The van der Waals surface area contributed by atoms with Crippen LogP contribution >= 0.6 is 15.9 Å². The molecule has 0 aliphatic rings. The van der Waals surface area contributed by atoms with E-state index < -0.39 is 5.95 Å². The number of alkyl halides is 1. The maximum Gasteiger partial charge on any atom is 0.213 e. The molecule has 0 radical (unpaired) electrons. The molecule has 0 amide bonds. The summed E-state index contributed by atoms with van der Waals surface area (Å²) in [4.78, 5) is 3.65. The fourth-order valence-corrected chi connectivity index (χ4v) is 1.12. The number of nitrogen functional groups attached to an aromatic ring is 1. The van der Waals surface area contributed by atoms with Crippen molar-refractivity contribution < 1.29 is 4.39 Å². The van der Waals surface area contributed by atoms with Crippen LogP contribution < -0.4 is 5.73 Å². The fourth-order valence-electron chi connectivity index (χ4n) is 0.852. The lowest BCUT2D eigenvalue weighted by molar-refractivity contribution is 0.583. The van der Waals surface area contributed by atoms with Gasteiger partial charge < -0.3 is 5.73 Å². The van der Waals surface area contributed by atoms with Crippen LogP contribution in [0.4, 0.5) is 10.1 Å². The van der Waals surface area contributed by atoms with Crippen LogP contribution in [0.3, 0.4) is 0 Å². The van der Waals surface area contributed by atoms with E-state index >= 15 is 0 Å².